The van der Waals surface area contributed by atoms with Crippen LogP contribution in [0.25, 0.3) is 16.4 Å². The highest BCUT2D eigenvalue weighted by molar-refractivity contribution is 7.13. The summed E-state index contributed by atoms with van der Waals surface area (Å²) >= 11 is 1.32. The van der Waals surface area contributed by atoms with E-state index in [0.717, 1.165) is 10.6 Å². The molecule has 0 aromatic carbocycles. The van der Waals surface area contributed by atoms with Gasteiger partial charge >= 0.3 is 0 Å². The van der Waals surface area contributed by atoms with Gasteiger partial charge in [0.1, 0.15) is 17.3 Å². The Morgan fingerprint density at radius 2 is 2.10 bits per heavy atom. The lowest BCUT2D eigenvalue weighted by Gasteiger charge is -2.02. The fourth-order valence-corrected chi connectivity index (χ4v) is 2.56. The minimum Gasteiger partial charge on any atom is -0.377 e. The number of pyridine rings is 1. The van der Waals surface area contributed by atoms with Crippen molar-refractivity contribution in [3.63, 3.8) is 0 Å². The number of carbonyl (C=O) groups is 1. The monoisotopic (exact) mass is 302 g/mol. The Kier molecular flexibility index (Phi) is 3.75. The van der Waals surface area contributed by atoms with Crippen LogP contribution in [-0.4, -0.2) is 43.6 Å². The predicted octanol–water partition coefficient (Wildman–Crippen LogP) is 1.14. The molecule has 3 aromatic heterocycles. The van der Waals surface area contributed by atoms with Gasteiger partial charge in [-0.2, -0.15) is 4.68 Å². The quantitative estimate of drug-likeness (QED) is 0.652. The SMILES string of the molecule is COCc1nnc(-n2nnc(C=O)c2-c2ccncc2)s1. The first-order valence-electron chi connectivity index (χ1n) is 5.96. The lowest BCUT2D eigenvalue weighted by atomic mass is 10.1. The molecule has 0 N–H and O–H groups in total. The molecule has 0 amide bonds. The molecule has 0 aliphatic rings. The van der Waals surface area contributed by atoms with Gasteiger partial charge in [-0.15, -0.1) is 15.3 Å². The predicted molar refractivity (Wildman–Crippen MR) is 74.2 cm³/mol. The number of ether oxygens (including phenoxy) is 1. The molecule has 106 valence electrons. The molecule has 0 aliphatic heterocycles. The maximum atomic E-state index is 11.2. The lowest BCUT2D eigenvalue weighted by molar-refractivity contribution is 0.111. The van der Waals surface area contributed by atoms with E-state index < -0.39 is 0 Å². The van der Waals surface area contributed by atoms with E-state index in [0.29, 0.717) is 23.7 Å². The van der Waals surface area contributed by atoms with Crippen LogP contribution in [0.3, 0.4) is 0 Å². The van der Waals surface area contributed by atoms with Crippen LogP contribution in [0.15, 0.2) is 24.5 Å². The van der Waals surface area contributed by atoms with E-state index in [4.69, 9.17) is 4.74 Å². The maximum Gasteiger partial charge on any atom is 0.234 e. The van der Waals surface area contributed by atoms with Gasteiger partial charge in [0.05, 0.1) is 0 Å². The van der Waals surface area contributed by atoms with Gasteiger partial charge in [0.15, 0.2) is 12.0 Å². The Hall–Kier alpha value is -2.52. The molecule has 21 heavy (non-hydrogen) atoms. The molecular weight excluding hydrogens is 292 g/mol. The Bertz CT molecular complexity index is 754. The van der Waals surface area contributed by atoms with E-state index in [2.05, 4.69) is 25.5 Å². The number of hydrogen-bond donors (Lipinski definition) is 0. The smallest absolute Gasteiger partial charge is 0.234 e. The van der Waals surface area contributed by atoms with Crippen LogP contribution in [0.5, 0.6) is 0 Å². The molecule has 0 bridgehead atoms. The number of hydrogen-bond acceptors (Lipinski definition) is 8. The fourth-order valence-electron chi connectivity index (χ4n) is 1.80. The first-order chi connectivity index (χ1) is 10.3. The molecule has 8 nitrogen and oxygen atoms in total. The molecule has 3 rings (SSSR count). The van der Waals surface area contributed by atoms with Crippen LogP contribution in [-0.2, 0) is 11.3 Å². The van der Waals surface area contributed by atoms with Gasteiger partial charge in [-0.05, 0) is 12.1 Å². The normalized spacial score (nSPS) is 10.7. The highest BCUT2D eigenvalue weighted by Crippen LogP contribution is 2.25. The van der Waals surface area contributed by atoms with Gasteiger partial charge in [-0.1, -0.05) is 16.6 Å². The second-order valence-corrected chi connectivity index (χ2v) is 5.04. The topological polar surface area (TPSA) is 95.7 Å². The van der Waals surface area contributed by atoms with Crippen LogP contribution in [0, 0.1) is 0 Å². The van der Waals surface area contributed by atoms with Crippen molar-refractivity contribution < 1.29 is 9.53 Å². The third kappa shape index (κ3) is 2.56. The maximum absolute atomic E-state index is 11.2. The molecule has 0 atom stereocenters. The van der Waals surface area contributed by atoms with Crippen molar-refractivity contribution in [3.8, 4) is 16.4 Å². The summed E-state index contributed by atoms with van der Waals surface area (Å²) in [4.78, 5) is 15.1. The van der Waals surface area contributed by atoms with Crippen molar-refractivity contribution in [2.45, 2.75) is 6.61 Å². The van der Waals surface area contributed by atoms with E-state index in [9.17, 15) is 4.79 Å². The summed E-state index contributed by atoms with van der Waals surface area (Å²) in [5.41, 5.74) is 1.58. The van der Waals surface area contributed by atoms with Crippen molar-refractivity contribution in [1.29, 1.82) is 0 Å². The first-order valence-corrected chi connectivity index (χ1v) is 6.78. The Morgan fingerprint density at radius 3 is 2.81 bits per heavy atom. The van der Waals surface area contributed by atoms with Gasteiger partial charge < -0.3 is 4.74 Å². The summed E-state index contributed by atoms with van der Waals surface area (Å²) in [7, 11) is 1.59. The molecule has 0 saturated heterocycles. The zero-order valence-corrected chi connectivity index (χ0v) is 11.8. The van der Waals surface area contributed by atoms with Crippen LogP contribution in [0.4, 0.5) is 0 Å². The van der Waals surface area contributed by atoms with Crippen LogP contribution in [0.2, 0.25) is 0 Å². The van der Waals surface area contributed by atoms with Gasteiger partial charge in [-0.25, -0.2) is 0 Å². The molecular formula is C12H10N6O2S. The summed E-state index contributed by atoms with van der Waals surface area (Å²) in [6.07, 6.45) is 3.94. The minimum atomic E-state index is 0.240. The van der Waals surface area contributed by atoms with E-state index >= 15 is 0 Å². The molecule has 0 saturated carbocycles. The van der Waals surface area contributed by atoms with Crippen molar-refractivity contribution in [2.75, 3.05) is 7.11 Å². The van der Waals surface area contributed by atoms with Gasteiger partial charge in [-0.3, -0.25) is 9.78 Å². The standard InChI is InChI=1S/C12H10N6O2S/c1-20-7-10-15-16-12(21-10)18-11(9(6-19)14-17-18)8-2-4-13-5-3-8/h2-6H,7H2,1H3. The van der Waals surface area contributed by atoms with Crippen molar-refractivity contribution >= 4 is 17.6 Å². The average Bonchev–Trinajstić information content (AvgIpc) is 3.14. The van der Waals surface area contributed by atoms with E-state index in [1.54, 1.807) is 31.6 Å². The van der Waals surface area contributed by atoms with Crippen molar-refractivity contribution in [3.05, 3.63) is 35.2 Å². The largest absolute Gasteiger partial charge is 0.377 e. The van der Waals surface area contributed by atoms with Gasteiger partial charge in [0.2, 0.25) is 5.13 Å². The highest BCUT2D eigenvalue weighted by atomic mass is 32.1. The first kappa shape index (κ1) is 13.5. The molecule has 0 unspecified atom stereocenters. The van der Waals surface area contributed by atoms with E-state index in [1.807, 2.05) is 0 Å². The summed E-state index contributed by atoms with van der Waals surface area (Å²) in [5, 5.41) is 17.2. The van der Waals surface area contributed by atoms with Crippen LogP contribution < -0.4 is 0 Å². The molecule has 0 spiro atoms. The van der Waals surface area contributed by atoms with Crippen molar-refractivity contribution in [1.82, 2.24) is 30.2 Å². The number of methoxy groups -OCH3 is 1. The zero-order chi connectivity index (χ0) is 14.7. The molecule has 0 radical (unpaired) electrons. The molecule has 9 heteroatoms. The van der Waals surface area contributed by atoms with Crippen LogP contribution >= 0.6 is 11.3 Å². The number of carbonyl (C=O) groups excluding carboxylic acids is 1. The van der Waals surface area contributed by atoms with Gasteiger partial charge in [0.25, 0.3) is 0 Å². The second kappa shape index (κ2) is 5.85. The summed E-state index contributed by atoms with van der Waals surface area (Å²) < 4.78 is 6.51. The average molecular weight is 302 g/mol. The van der Waals surface area contributed by atoms with E-state index in [1.165, 1.54) is 16.0 Å². The summed E-state index contributed by atoms with van der Waals surface area (Å²) in [6, 6.07) is 3.55. The minimum absolute atomic E-state index is 0.240. The van der Waals surface area contributed by atoms with Gasteiger partial charge in [0, 0.05) is 25.1 Å². The number of nitrogens with zero attached hydrogens (tertiary/aromatic N) is 6. The zero-order valence-electron chi connectivity index (χ0n) is 11.0. The summed E-state index contributed by atoms with van der Waals surface area (Å²) in [6.45, 7) is 0.373. The highest BCUT2D eigenvalue weighted by Gasteiger charge is 2.18. The molecule has 0 fully saturated rings. The second-order valence-electron chi connectivity index (χ2n) is 4.00. The number of aldehydes is 1. The fraction of sp³-hybridized carbons (Fsp3) is 0.167. The third-order valence-electron chi connectivity index (χ3n) is 2.67. The molecule has 3 aromatic rings. The van der Waals surface area contributed by atoms with Crippen LogP contribution in [0.1, 0.15) is 15.5 Å². The van der Waals surface area contributed by atoms with Crippen molar-refractivity contribution in [2.24, 2.45) is 0 Å². The Balaban J connectivity index is 2.10. The summed E-state index contributed by atoms with van der Waals surface area (Å²) in [5.74, 6) is 0. The van der Waals surface area contributed by atoms with E-state index in [-0.39, 0.29) is 5.69 Å². The number of aromatic nitrogens is 6. The Labute approximate surface area is 123 Å². The Morgan fingerprint density at radius 1 is 1.29 bits per heavy atom. The molecule has 3 heterocycles. The molecule has 0 aliphatic carbocycles. The number of rotatable bonds is 5. The lowest BCUT2D eigenvalue weighted by Crippen LogP contribution is -1.99. The third-order valence-corrected chi connectivity index (χ3v) is 3.54.